The molecule has 1 fully saturated rings. The van der Waals surface area contributed by atoms with Crippen LogP contribution < -0.4 is 0 Å². The Hall–Kier alpha value is -1.90. The van der Waals surface area contributed by atoms with Crippen molar-refractivity contribution in [2.75, 3.05) is 0 Å². The number of likely N-dealkylation sites (tertiary alicyclic amines) is 1. The zero-order chi connectivity index (χ0) is 14.5. The minimum atomic E-state index is -0.256. The molecule has 1 aromatic rings. The highest BCUT2D eigenvalue weighted by Crippen LogP contribution is 2.35. The first-order valence-electron chi connectivity index (χ1n) is 6.97. The molecule has 1 aliphatic heterocycles. The summed E-state index contributed by atoms with van der Waals surface area (Å²) in [5, 5.41) is 0. The van der Waals surface area contributed by atoms with E-state index in [9.17, 15) is 9.18 Å². The molecule has 106 valence electrons. The monoisotopic (exact) mass is 273 g/mol. The highest BCUT2D eigenvalue weighted by molar-refractivity contribution is 5.78. The van der Waals surface area contributed by atoms with E-state index in [1.165, 1.54) is 12.1 Å². The Morgan fingerprint density at radius 1 is 1.30 bits per heavy atom. The molecule has 0 spiro atoms. The van der Waals surface area contributed by atoms with Crippen molar-refractivity contribution in [2.24, 2.45) is 0 Å². The van der Waals surface area contributed by atoms with E-state index in [1.54, 1.807) is 18.2 Å². The average Bonchev–Trinajstić information content (AvgIpc) is 2.47. The number of carbonyl (C=O) groups excluding carboxylic acids is 1. The number of carbonyl (C=O) groups is 1. The van der Waals surface area contributed by atoms with E-state index in [4.69, 9.17) is 0 Å². The van der Waals surface area contributed by atoms with E-state index in [0.717, 1.165) is 24.8 Å². The molecule has 3 heteroatoms. The molecule has 0 N–H and O–H groups in total. The number of halogens is 1. The molecule has 1 saturated heterocycles. The predicted molar refractivity (Wildman–Crippen MR) is 78.6 cm³/mol. The highest BCUT2D eigenvalue weighted by atomic mass is 19.1. The molecule has 0 radical (unpaired) electrons. The third-order valence-corrected chi connectivity index (χ3v) is 3.80. The maximum Gasteiger partial charge on any atom is 0.227 e. The fourth-order valence-electron chi connectivity index (χ4n) is 2.86. The topological polar surface area (TPSA) is 20.3 Å². The summed E-state index contributed by atoms with van der Waals surface area (Å²) in [6.07, 6.45) is 6.65. The van der Waals surface area contributed by atoms with Gasteiger partial charge in [-0.1, -0.05) is 24.3 Å². The third-order valence-electron chi connectivity index (χ3n) is 3.80. The van der Waals surface area contributed by atoms with Gasteiger partial charge in [0.05, 0.1) is 12.1 Å². The Labute approximate surface area is 119 Å². The van der Waals surface area contributed by atoms with Gasteiger partial charge in [0.25, 0.3) is 0 Å². The van der Waals surface area contributed by atoms with Gasteiger partial charge in [0.2, 0.25) is 5.91 Å². The van der Waals surface area contributed by atoms with E-state index in [2.05, 4.69) is 13.2 Å². The normalized spacial score (nSPS) is 22.4. The largest absolute Gasteiger partial charge is 0.329 e. The summed E-state index contributed by atoms with van der Waals surface area (Å²) in [5.74, 6) is -0.201. The van der Waals surface area contributed by atoms with Gasteiger partial charge in [0.15, 0.2) is 0 Å². The minimum absolute atomic E-state index is 0.000185. The summed E-state index contributed by atoms with van der Waals surface area (Å²) in [6.45, 7) is 7.47. The SMILES string of the molecule is C=CCC(=O)N1C(C=C)CCCC1c1ccc(F)cc1. The van der Waals surface area contributed by atoms with E-state index in [-0.39, 0.29) is 23.8 Å². The first-order chi connectivity index (χ1) is 9.67. The summed E-state index contributed by atoms with van der Waals surface area (Å²) in [4.78, 5) is 14.2. The number of hydrogen-bond donors (Lipinski definition) is 0. The molecule has 2 atom stereocenters. The second-order valence-electron chi connectivity index (χ2n) is 5.10. The van der Waals surface area contributed by atoms with Crippen LogP contribution >= 0.6 is 0 Å². The van der Waals surface area contributed by atoms with Crippen molar-refractivity contribution in [3.05, 3.63) is 61.0 Å². The van der Waals surface area contributed by atoms with Crippen LogP contribution in [0.1, 0.15) is 37.3 Å². The lowest BCUT2D eigenvalue weighted by atomic mass is 9.90. The number of benzene rings is 1. The van der Waals surface area contributed by atoms with Crippen LogP contribution in [0.15, 0.2) is 49.6 Å². The third kappa shape index (κ3) is 2.98. The zero-order valence-electron chi connectivity index (χ0n) is 11.6. The van der Waals surface area contributed by atoms with Gasteiger partial charge in [-0.15, -0.1) is 13.2 Å². The van der Waals surface area contributed by atoms with E-state index in [0.29, 0.717) is 6.42 Å². The van der Waals surface area contributed by atoms with Gasteiger partial charge in [-0.05, 0) is 37.0 Å². The van der Waals surface area contributed by atoms with Crippen LogP contribution in [-0.2, 0) is 4.79 Å². The molecule has 1 heterocycles. The number of nitrogens with zero attached hydrogens (tertiary/aromatic N) is 1. The Balaban J connectivity index is 2.31. The van der Waals surface area contributed by atoms with Crippen molar-refractivity contribution in [3.8, 4) is 0 Å². The molecular weight excluding hydrogens is 253 g/mol. The summed E-state index contributed by atoms with van der Waals surface area (Å²) >= 11 is 0. The standard InChI is InChI=1S/C17H20FNO/c1-3-6-17(20)19-15(4-2)7-5-8-16(19)13-9-11-14(18)12-10-13/h3-4,9-12,15-16H,1-2,5-8H2. The quantitative estimate of drug-likeness (QED) is 0.759. The number of rotatable bonds is 4. The first-order valence-corrected chi connectivity index (χ1v) is 6.97. The van der Waals surface area contributed by atoms with Crippen molar-refractivity contribution in [1.82, 2.24) is 4.90 Å². The summed E-state index contributed by atoms with van der Waals surface area (Å²) in [5.41, 5.74) is 0.982. The molecule has 2 unspecified atom stereocenters. The summed E-state index contributed by atoms with van der Waals surface area (Å²) in [6, 6.07) is 6.47. The van der Waals surface area contributed by atoms with Gasteiger partial charge >= 0.3 is 0 Å². The Kier molecular flexibility index (Phi) is 4.72. The van der Waals surface area contributed by atoms with Crippen molar-refractivity contribution in [2.45, 2.75) is 37.8 Å². The molecule has 2 rings (SSSR count). The van der Waals surface area contributed by atoms with Gasteiger partial charge in [-0.25, -0.2) is 4.39 Å². The average molecular weight is 273 g/mol. The molecule has 20 heavy (non-hydrogen) atoms. The van der Waals surface area contributed by atoms with E-state index in [1.807, 2.05) is 11.0 Å². The van der Waals surface area contributed by atoms with Crippen LogP contribution in [0.3, 0.4) is 0 Å². The number of piperidine rings is 1. The van der Waals surface area contributed by atoms with Gasteiger partial charge in [0.1, 0.15) is 5.82 Å². The van der Waals surface area contributed by atoms with Gasteiger partial charge in [-0.3, -0.25) is 4.79 Å². The van der Waals surface area contributed by atoms with Gasteiger partial charge in [0, 0.05) is 6.42 Å². The van der Waals surface area contributed by atoms with Crippen LogP contribution in [0.5, 0.6) is 0 Å². The fourth-order valence-corrected chi connectivity index (χ4v) is 2.86. The number of hydrogen-bond acceptors (Lipinski definition) is 1. The summed E-state index contributed by atoms with van der Waals surface area (Å²) in [7, 11) is 0. The lowest BCUT2D eigenvalue weighted by molar-refractivity contribution is -0.136. The maximum atomic E-state index is 13.1. The molecule has 2 nitrogen and oxygen atoms in total. The van der Waals surface area contributed by atoms with Crippen LogP contribution in [0, 0.1) is 5.82 Å². The first kappa shape index (κ1) is 14.5. The van der Waals surface area contributed by atoms with Crippen molar-refractivity contribution >= 4 is 5.91 Å². The minimum Gasteiger partial charge on any atom is -0.329 e. The van der Waals surface area contributed by atoms with Crippen LogP contribution in [0.2, 0.25) is 0 Å². The second kappa shape index (κ2) is 6.51. The predicted octanol–water partition coefficient (Wildman–Crippen LogP) is 4.01. The second-order valence-corrected chi connectivity index (χ2v) is 5.10. The maximum absolute atomic E-state index is 13.1. The smallest absolute Gasteiger partial charge is 0.227 e. The molecule has 1 aliphatic rings. The highest BCUT2D eigenvalue weighted by Gasteiger charge is 2.32. The Bertz CT molecular complexity index is 494. The molecule has 0 saturated carbocycles. The molecule has 0 bridgehead atoms. The molecule has 0 aromatic heterocycles. The van der Waals surface area contributed by atoms with Crippen molar-refractivity contribution < 1.29 is 9.18 Å². The van der Waals surface area contributed by atoms with Crippen molar-refractivity contribution in [3.63, 3.8) is 0 Å². The van der Waals surface area contributed by atoms with E-state index >= 15 is 0 Å². The van der Waals surface area contributed by atoms with Gasteiger partial charge < -0.3 is 4.90 Å². The zero-order valence-corrected chi connectivity index (χ0v) is 11.6. The van der Waals surface area contributed by atoms with Gasteiger partial charge in [-0.2, -0.15) is 0 Å². The van der Waals surface area contributed by atoms with Crippen LogP contribution in [-0.4, -0.2) is 16.8 Å². The molecule has 1 amide bonds. The molecule has 0 aliphatic carbocycles. The van der Waals surface area contributed by atoms with E-state index < -0.39 is 0 Å². The van der Waals surface area contributed by atoms with Crippen LogP contribution in [0.4, 0.5) is 4.39 Å². The molecule has 1 aromatic carbocycles. The lowest BCUT2D eigenvalue weighted by Crippen LogP contribution is -2.44. The van der Waals surface area contributed by atoms with Crippen molar-refractivity contribution in [1.29, 1.82) is 0 Å². The lowest BCUT2D eigenvalue weighted by Gasteiger charge is -2.41. The fraction of sp³-hybridized carbons (Fsp3) is 0.353. The Morgan fingerprint density at radius 3 is 2.60 bits per heavy atom. The van der Waals surface area contributed by atoms with Crippen LogP contribution in [0.25, 0.3) is 0 Å². The number of amides is 1. The summed E-state index contributed by atoms with van der Waals surface area (Å²) < 4.78 is 13.1. The molecular formula is C17H20FNO. The Morgan fingerprint density at radius 2 is 2.00 bits per heavy atom.